The molecule has 0 aliphatic rings. The van der Waals surface area contributed by atoms with Crippen molar-refractivity contribution in [1.29, 1.82) is 0 Å². The Balaban J connectivity index is 1.66. The Morgan fingerprint density at radius 2 is 1.82 bits per heavy atom. The lowest BCUT2D eigenvalue weighted by atomic mass is 9.98. The minimum absolute atomic E-state index is 0.196. The first-order valence-electron chi connectivity index (χ1n) is 8.45. The molecule has 0 saturated carbocycles. The smallest absolute Gasteiger partial charge is 0.338 e. The molecule has 7 heteroatoms. The van der Waals surface area contributed by atoms with Crippen molar-refractivity contribution in [2.24, 2.45) is 0 Å². The Labute approximate surface area is 164 Å². The van der Waals surface area contributed by atoms with Crippen LogP contribution in [0.3, 0.4) is 0 Å². The monoisotopic (exact) mass is 394 g/mol. The lowest BCUT2D eigenvalue weighted by Crippen LogP contribution is -2.00. The van der Waals surface area contributed by atoms with Gasteiger partial charge in [-0.3, -0.25) is 0 Å². The maximum absolute atomic E-state index is 13.9. The third-order valence-corrected chi connectivity index (χ3v) is 5.36. The van der Waals surface area contributed by atoms with Crippen molar-refractivity contribution in [2.75, 3.05) is 0 Å². The van der Waals surface area contributed by atoms with Gasteiger partial charge in [0.15, 0.2) is 0 Å². The third-order valence-electron chi connectivity index (χ3n) is 4.50. The van der Waals surface area contributed by atoms with E-state index in [1.807, 2.05) is 25.1 Å². The van der Waals surface area contributed by atoms with Gasteiger partial charge in [0.2, 0.25) is 5.82 Å². The molecule has 0 radical (unpaired) electrons. The van der Waals surface area contributed by atoms with Gasteiger partial charge in [0, 0.05) is 11.1 Å². The molecule has 5 nitrogen and oxygen atoms in total. The summed E-state index contributed by atoms with van der Waals surface area (Å²) in [6.07, 6.45) is 0. The van der Waals surface area contributed by atoms with Gasteiger partial charge < -0.3 is 9.63 Å². The van der Waals surface area contributed by atoms with Crippen LogP contribution in [0.1, 0.15) is 21.5 Å². The molecule has 0 unspecified atom stereocenters. The van der Waals surface area contributed by atoms with Gasteiger partial charge in [0.1, 0.15) is 5.82 Å². The zero-order valence-corrected chi connectivity index (χ0v) is 15.9. The SMILES string of the molecule is Cc1cc(-c2nc(-c3ccc(C(=O)O)c(F)c3)no2)ccc1-c1cscc1C. The normalized spacial score (nSPS) is 11.0. The molecule has 0 saturated heterocycles. The van der Waals surface area contributed by atoms with Crippen LogP contribution in [0, 0.1) is 19.7 Å². The lowest BCUT2D eigenvalue weighted by Gasteiger charge is -2.06. The maximum Gasteiger partial charge on any atom is 0.338 e. The minimum atomic E-state index is -1.32. The minimum Gasteiger partial charge on any atom is -0.478 e. The fourth-order valence-electron chi connectivity index (χ4n) is 3.02. The molecule has 2 aromatic carbocycles. The molecule has 0 spiro atoms. The van der Waals surface area contributed by atoms with Crippen LogP contribution in [0.15, 0.2) is 51.7 Å². The second-order valence-corrected chi connectivity index (χ2v) is 7.16. The predicted molar refractivity (Wildman–Crippen MR) is 105 cm³/mol. The van der Waals surface area contributed by atoms with Gasteiger partial charge >= 0.3 is 5.97 Å². The van der Waals surface area contributed by atoms with E-state index in [4.69, 9.17) is 9.63 Å². The van der Waals surface area contributed by atoms with Crippen LogP contribution in [0.4, 0.5) is 4.39 Å². The summed E-state index contributed by atoms with van der Waals surface area (Å²) in [5.74, 6) is -1.66. The number of rotatable bonds is 4. The first kappa shape index (κ1) is 18.1. The highest BCUT2D eigenvalue weighted by molar-refractivity contribution is 7.08. The van der Waals surface area contributed by atoms with Crippen molar-refractivity contribution >= 4 is 17.3 Å². The third kappa shape index (κ3) is 3.20. The highest BCUT2D eigenvalue weighted by atomic mass is 32.1. The summed E-state index contributed by atoms with van der Waals surface area (Å²) in [7, 11) is 0. The number of aromatic carboxylic acids is 1. The number of hydrogen-bond acceptors (Lipinski definition) is 5. The second kappa shape index (κ2) is 7.01. The van der Waals surface area contributed by atoms with Gasteiger partial charge in [-0.2, -0.15) is 16.3 Å². The summed E-state index contributed by atoms with van der Waals surface area (Å²) in [6, 6.07) is 9.62. The number of halogens is 1. The van der Waals surface area contributed by atoms with E-state index in [1.165, 1.54) is 23.3 Å². The molecule has 0 aliphatic heterocycles. The van der Waals surface area contributed by atoms with Crippen LogP contribution in [0.5, 0.6) is 0 Å². The maximum atomic E-state index is 13.9. The molecule has 4 rings (SSSR count). The molecule has 0 fully saturated rings. The van der Waals surface area contributed by atoms with Crippen LogP contribution in [-0.4, -0.2) is 21.2 Å². The fourth-order valence-corrected chi connectivity index (χ4v) is 3.87. The first-order chi connectivity index (χ1) is 13.4. The van der Waals surface area contributed by atoms with E-state index < -0.39 is 17.3 Å². The Hall–Kier alpha value is -3.32. The number of carbonyl (C=O) groups is 1. The van der Waals surface area contributed by atoms with Crippen molar-refractivity contribution in [3.8, 4) is 34.0 Å². The molecule has 28 heavy (non-hydrogen) atoms. The van der Waals surface area contributed by atoms with E-state index in [1.54, 1.807) is 11.3 Å². The topological polar surface area (TPSA) is 76.2 Å². The molecule has 2 heterocycles. The van der Waals surface area contributed by atoms with Crippen molar-refractivity contribution in [3.05, 3.63) is 69.7 Å². The zero-order valence-electron chi connectivity index (χ0n) is 15.1. The van der Waals surface area contributed by atoms with Crippen LogP contribution in [0.25, 0.3) is 34.0 Å². The molecular formula is C21H15FN2O3S. The van der Waals surface area contributed by atoms with Gasteiger partial charge in [-0.1, -0.05) is 11.2 Å². The number of carboxylic acid groups (broad SMARTS) is 1. The number of benzene rings is 2. The standard InChI is InChI=1S/C21H15FN2O3S/c1-11-7-14(4-5-15(11)17-10-28-9-12(17)2)20-23-19(24-27-20)13-3-6-16(21(25)26)18(22)8-13/h3-10H,1-2H3,(H,25,26). The molecule has 1 N–H and O–H groups in total. The molecule has 2 aromatic heterocycles. The Morgan fingerprint density at radius 1 is 1.04 bits per heavy atom. The fraction of sp³-hybridized carbons (Fsp3) is 0.0952. The van der Waals surface area contributed by atoms with Crippen LogP contribution in [0.2, 0.25) is 0 Å². The quantitative estimate of drug-likeness (QED) is 0.488. The second-order valence-electron chi connectivity index (χ2n) is 6.42. The van der Waals surface area contributed by atoms with E-state index in [9.17, 15) is 9.18 Å². The number of thiophene rings is 1. The molecule has 0 bridgehead atoms. The predicted octanol–water partition coefficient (Wildman–Crippen LogP) is 5.59. The van der Waals surface area contributed by atoms with Gasteiger partial charge in [0.05, 0.1) is 5.56 Å². The van der Waals surface area contributed by atoms with Gasteiger partial charge in [-0.05, 0) is 77.2 Å². The average molecular weight is 394 g/mol. The number of hydrogen-bond donors (Lipinski definition) is 1. The van der Waals surface area contributed by atoms with E-state index in [-0.39, 0.29) is 5.82 Å². The van der Waals surface area contributed by atoms with Crippen LogP contribution < -0.4 is 0 Å². The van der Waals surface area contributed by atoms with Gasteiger partial charge in [-0.25, -0.2) is 9.18 Å². The van der Waals surface area contributed by atoms with Crippen molar-refractivity contribution < 1.29 is 18.8 Å². The Morgan fingerprint density at radius 3 is 2.46 bits per heavy atom. The highest BCUT2D eigenvalue weighted by Gasteiger charge is 2.16. The number of aryl methyl sites for hydroxylation is 2. The summed E-state index contributed by atoms with van der Waals surface area (Å²) in [5.41, 5.74) is 5.36. The van der Waals surface area contributed by atoms with E-state index in [2.05, 4.69) is 27.8 Å². The summed E-state index contributed by atoms with van der Waals surface area (Å²) in [5, 5.41) is 17.1. The summed E-state index contributed by atoms with van der Waals surface area (Å²) >= 11 is 1.67. The highest BCUT2D eigenvalue weighted by Crippen LogP contribution is 2.32. The van der Waals surface area contributed by atoms with Crippen molar-refractivity contribution in [2.45, 2.75) is 13.8 Å². The number of aromatic nitrogens is 2. The molecule has 0 amide bonds. The van der Waals surface area contributed by atoms with Crippen molar-refractivity contribution in [1.82, 2.24) is 10.1 Å². The molecule has 4 aromatic rings. The van der Waals surface area contributed by atoms with Crippen LogP contribution in [-0.2, 0) is 0 Å². The Kier molecular flexibility index (Phi) is 4.52. The van der Waals surface area contributed by atoms with Gasteiger partial charge in [0.25, 0.3) is 5.89 Å². The molecule has 0 atom stereocenters. The Bertz CT molecular complexity index is 1200. The van der Waals surface area contributed by atoms with E-state index in [0.29, 0.717) is 11.5 Å². The number of nitrogens with zero attached hydrogens (tertiary/aromatic N) is 2. The molecular weight excluding hydrogens is 379 g/mol. The summed E-state index contributed by atoms with van der Waals surface area (Å²) in [6.45, 7) is 4.10. The largest absolute Gasteiger partial charge is 0.478 e. The van der Waals surface area contributed by atoms with Gasteiger partial charge in [-0.15, -0.1) is 0 Å². The average Bonchev–Trinajstić information content (AvgIpc) is 3.30. The van der Waals surface area contributed by atoms with E-state index >= 15 is 0 Å². The lowest BCUT2D eigenvalue weighted by molar-refractivity contribution is 0.0692. The number of carboxylic acids is 1. The molecule has 140 valence electrons. The molecule has 0 aliphatic carbocycles. The van der Waals surface area contributed by atoms with Crippen LogP contribution >= 0.6 is 11.3 Å². The first-order valence-corrected chi connectivity index (χ1v) is 9.39. The van der Waals surface area contributed by atoms with E-state index in [0.717, 1.165) is 22.8 Å². The summed E-state index contributed by atoms with van der Waals surface area (Å²) < 4.78 is 19.2. The zero-order chi connectivity index (χ0) is 19.8. The van der Waals surface area contributed by atoms with Crippen molar-refractivity contribution in [3.63, 3.8) is 0 Å². The summed E-state index contributed by atoms with van der Waals surface area (Å²) in [4.78, 5) is 15.3.